The van der Waals surface area contributed by atoms with Gasteiger partial charge in [-0.2, -0.15) is 4.31 Å². The number of sulfonamides is 1. The predicted molar refractivity (Wildman–Crippen MR) is 135 cm³/mol. The van der Waals surface area contributed by atoms with Crippen molar-refractivity contribution in [3.8, 4) is 0 Å². The molecule has 1 fully saturated rings. The first kappa shape index (κ1) is 25.9. The number of anilines is 2. The van der Waals surface area contributed by atoms with Gasteiger partial charge in [0.15, 0.2) is 0 Å². The molecule has 1 N–H and O–H groups in total. The van der Waals surface area contributed by atoms with Crippen molar-refractivity contribution in [3.05, 3.63) is 59.9 Å². The highest BCUT2D eigenvalue weighted by molar-refractivity contribution is 7.89. The van der Waals surface area contributed by atoms with Gasteiger partial charge >= 0.3 is 0 Å². The summed E-state index contributed by atoms with van der Waals surface area (Å²) in [5.74, 6) is -0.805. The molecule has 1 amide bonds. The summed E-state index contributed by atoms with van der Waals surface area (Å²) in [6, 6.07) is 10.8. The fourth-order valence-electron chi connectivity index (χ4n) is 4.03. The lowest BCUT2D eigenvalue weighted by Crippen LogP contribution is -2.46. The van der Waals surface area contributed by atoms with Crippen LogP contribution < -0.4 is 10.2 Å². The van der Waals surface area contributed by atoms with E-state index in [9.17, 15) is 17.6 Å². The number of rotatable bonds is 9. The van der Waals surface area contributed by atoms with Gasteiger partial charge in [-0.25, -0.2) is 12.8 Å². The summed E-state index contributed by atoms with van der Waals surface area (Å²) in [5.41, 5.74) is 1.78. The lowest BCUT2D eigenvalue weighted by molar-refractivity contribution is -0.111. The number of likely N-dealkylation sites (N-methyl/N-ethyl adjacent to an activating group) is 1. The number of amides is 1. The van der Waals surface area contributed by atoms with Crippen LogP contribution >= 0.6 is 0 Å². The van der Waals surface area contributed by atoms with E-state index in [0.717, 1.165) is 38.4 Å². The van der Waals surface area contributed by atoms with Crippen LogP contribution in [-0.4, -0.2) is 69.3 Å². The summed E-state index contributed by atoms with van der Waals surface area (Å²) >= 11 is 0. The zero-order valence-electron chi connectivity index (χ0n) is 20.0. The lowest BCUT2D eigenvalue weighted by atomic mass is 10.2. The van der Waals surface area contributed by atoms with Gasteiger partial charge in [-0.1, -0.05) is 32.9 Å². The minimum Gasteiger partial charge on any atom is -0.367 e. The predicted octanol–water partition coefficient (Wildman–Crippen LogP) is 3.65. The van der Waals surface area contributed by atoms with Crippen molar-refractivity contribution in [2.45, 2.75) is 25.7 Å². The summed E-state index contributed by atoms with van der Waals surface area (Å²) in [5, 5.41) is 2.85. The van der Waals surface area contributed by atoms with Gasteiger partial charge < -0.3 is 15.1 Å². The number of nitrogens with one attached hydrogen (secondary N) is 1. The summed E-state index contributed by atoms with van der Waals surface area (Å²) in [4.78, 5) is 17.4. The minimum absolute atomic E-state index is 0.136. The molecule has 0 unspecified atom stereocenters. The zero-order chi connectivity index (χ0) is 24.7. The first-order valence-corrected chi connectivity index (χ1v) is 13.1. The van der Waals surface area contributed by atoms with Gasteiger partial charge in [0.1, 0.15) is 5.82 Å². The molecule has 0 saturated carbocycles. The number of carbonyl (C=O) groups excluding carboxylic acids is 1. The van der Waals surface area contributed by atoms with Crippen molar-refractivity contribution in [2.24, 2.45) is 0 Å². The van der Waals surface area contributed by atoms with E-state index in [1.54, 1.807) is 38.1 Å². The molecule has 2 aromatic carbocycles. The highest BCUT2D eigenvalue weighted by atomic mass is 32.2. The Morgan fingerprint density at radius 3 is 2.38 bits per heavy atom. The smallest absolute Gasteiger partial charge is 0.248 e. The molecule has 0 radical (unpaired) electrons. The molecule has 184 valence electrons. The standard InChI is InChI=1S/C25H33FN4O3S/c1-4-28-14-16-29(17-15-28)24-12-11-22(34(32,33)30(5-2)6-3)19-23(24)27-25(31)13-10-20-8-7-9-21(26)18-20/h7-13,18-19H,4-6,14-17H2,1-3H3,(H,27,31)/b13-10+. The molecule has 1 aliphatic rings. The fourth-order valence-corrected chi connectivity index (χ4v) is 5.51. The number of hydrogen-bond acceptors (Lipinski definition) is 5. The van der Waals surface area contributed by atoms with Crippen LogP contribution in [0.4, 0.5) is 15.8 Å². The zero-order valence-corrected chi connectivity index (χ0v) is 20.8. The molecule has 7 nitrogen and oxygen atoms in total. The normalized spacial score (nSPS) is 15.3. The summed E-state index contributed by atoms with van der Waals surface area (Å²) in [6.45, 7) is 10.7. The van der Waals surface area contributed by atoms with Crippen molar-refractivity contribution in [2.75, 3.05) is 56.0 Å². The van der Waals surface area contributed by atoms with Crippen molar-refractivity contribution in [3.63, 3.8) is 0 Å². The van der Waals surface area contributed by atoms with E-state index in [1.165, 1.54) is 34.7 Å². The molecular formula is C25H33FN4O3S. The van der Waals surface area contributed by atoms with E-state index in [-0.39, 0.29) is 10.7 Å². The van der Waals surface area contributed by atoms with Crippen molar-refractivity contribution >= 4 is 33.4 Å². The molecule has 3 rings (SSSR count). The molecule has 2 aromatic rings. The maximum Gasteiger partial charge on any atom is 0.248 e. The Hall–Kier alpha value is -2.75. The quantitative estimate of drug-likeness (QED) is 0.546. The number of piperazine rings is 1. The van der Waals surface area contributed by atoms with Gasteiger partial charge in [-0.05, 0) is 48.5 Å². The second-order valence-corrected chi connectivity index (χ2v) is 10.0. The van der Waals surface area contributed by atoms with Crippen LogP contribution in [0.1, 0.15) is 26.3 Å². The molecule has 34 heavy (non-hydrogen) atoms. The second kappa shape index (κ2) is 11.6. The number of halogens is 1. The van der Waals surface area contributed by atoms with E-state index in [4.69, 9.17) is 0 Å². The summed E-state index contributed by atoms with van der Waals surface area (Å²) in [6.07, 6.45) is 2.84. The molecule has 1 aliphatic heterocycles. The van der Waals surface area contributed by atoms with Crippen LogP contribution in [0.15, 0.2) is 53.4 Å². The van der Waals surface area contributed by atoms with Crippen molar-refractivity contribution in [1.82, 2.24) is 9.21 Å². The molecule has 0 bridgehead atoms. The Morgan fingerprint density at radius 1 is 1.06 bits per heavy atom. The van der Waals surface area contributed by atoms with Gasteiger partial charge in [0.25, 0.3) is 0 Å². The van der Waals surface area contributed by atoms with Crippen LogP contribution in [0.5, 0.6) is 0 Å². The maximum atomic E-state index is 13.4. The number of nitrogens with zero attached hydrogens (tertiary/aromatic N) is 3. The Labute approximate surface area is 201 Å². The fraction of sp³-hybridized carbons (Fsp3) is 0.400. The Morgan fingerprint density at radius 2 is 1.76 bits per heavy atom. The number of carbonyl (C=O) groups is 1. The SMILES string of the molecule is CCN1CCN(c2ccc(S(=O)(=O)N(CC)CC)cc2NC(=O)/C=C/c2cccc(F)c2)CC1. The van der Waals surface area contributed by atoms with E-state index >= 15 is 0 Å². The average Bonchev–Trinajstić information content (AvgIpc) is 2.83. The first-order chi connectivity index (χ1) is 16.3. The van der Waals surface area contributed by atoms with Crippen LogP contribution in [-0.2, 0) is 14.8 Å². The summed E-state index contributed by atoms with van der Waals surface area (Å²) < 4.78 is 41.0. The van der Waals surface area contributed by atoms with Gasteiger partial charge in [0.05, 0.1) is 16.3 Å². The maximum absolute atomic E-state index is 13.4. The molecular weight excluding hydrogens is 455 g/mol. The Kier molecular flexibility index (Phi) is 8.82. The molecule has 0 aliphatic carbocycles. The third-order valence-electron chi connectivity index (χ3n) is 6.01. The largest absolute Gasteiger partial charge is 0.367 e. The number of benzene rings is 2. The molecule has 0 spiro atoms. The van der Waals surface area contributed by atoms with E-state index < -0.39 is 15.9 Å². The molecule has 1 heterocycles. The van der Waals surface area contributed by atoms with E-state index in [0.29, 0.717) is 24.3 Å². The lowest BCUT2D eigenvalue weighted by Gasteiger charge is -2.36. The minimum atomic E-state index is -3.68. The highest BCUT2D eigenvalue weighted by Gasteiger charge is 2.25. The number of hydrogen-bond donors (Lipinski definition) is 1. The summed E-state index contributed by atoms with van der Waals surface area (Å²) in [7, 11) is -3.68. The van der Waals surface area contributed by atoms with Gasteiger partial charge in [0, 0.05) is 45.3 Å². The van der Waals surface area contributed by atoms with E-state index in [2.05, 4.69) is 22.0 Å². The van der Waals surface area contributed by atoms with Crippen LogP contribution in [0.25, 0.3) is 6.08 Å². The molecule has 1 saturated heterocycles. The van der Waals surface area contributed by atoms with Crippen LogP contribution in [0.2, 0.25) is 0 Å². The van der Waals surface area contributed by atoms with Gasteiger partial charge in [-0.15, -0.1) is 0 Å². The van der Waals surface area contributed by atoms with Crippen molar-refractivity contribution < 1.29 is 17.6 Å². The van der Waals surface area contributed by atoms with E-state index in [1.807, 2.05) is 0 Å². The molecule has 0 aromatic heterocycles. The Bertz CT molecular complexity index is 1120. The third-order valence-corrected chi connectivity index (χ3v) is 8.05. The second-order valence-electron chi connectivity index (χ2n) is 8.07. The van der Waals surface area contributed by atoms with Crippen LogP contribution in [0.3, 0.4) is 0 Å². The molecule has 9 heteroatoms. The van der Waals surface area contributed by atoms with Gasteiger partial charge in [0.2, 0.25) is 15.9 Å². The first-order valence-electron chi connectivity index (χ1n) is 11.6. The van der Waals surface area contributed by atoms with Crippen molar-refractivity contribution in [1.29, 1.82) is 0 Å². The third kappa shape index (κ3) is 6.22. The Balaban J connectivity index is 1.91. The topological polar surface area (TPSA) is 73.0 Å². The average molecular weight is 489 g/mol. The van der Waals surface area contributed by atoms with Gasteiger partial charge in [-0.3, -0.25) is 4.79 Å². The van der Waals surface area contributed by atoms with Crippen LogP contribution in [0, 0.1) is 5.82 Å². The molecule has 0 atom stereocenters. The highest BCUT2D eigenvalue weighted by Crippen LogP contribution is 2.31. The monoisotopic (exact) mass is 488 g/mol.